The van der Waals surface area contributed by atoms with Crippen LogP contribution in [0, 0.1) is 5.92 Å². The van der Waals surface area contributed by atoms with Crippen LogP contribution in [0.15, 0.2) is 18.2 Å². The molecule has 0 aliphatic heterocycles. The van der Waals surface area contributed by atoms with Crippen LogP contribution >= 0.6 is 0 Å². The van der Waals surface area contributed by atoms with Crippen LogP contribution in [0.3, 0.4) is 0 Å². The molecular formula is C19H32N2O3. The van der Waals surface area contributed by atoms with Gasteiger partial charge in [0.1, 0.15) is 12.7 Å². The van der Waals surface area contributed by atoms with Crippen molar-refractivity contribution in [3.05, 3.63) is 23.8 Å². The van der Waals surface area contributed by atoms with Crippen LogP contribution < -0.4 is 14.8 Å². The first-order chi connectivity index (χ1) is 11.7. The summed E-state index contributed by atoms with van der Waals surface area (Å²) in [7, 11) is 1.65. The lowest BCUT2D eigenvalue weighted by molar-refractivity contribution is 0.0705. The maximum Gasteiger partial charge on any atom is 0.161 e. The molecule has 0 radical (unpaired) electrons. The van der Waals surface area contributed by atoms with E-state index in [9.17, 15) is 5.11 Å². The fraction of sp³-hybridized carbons (Fsp3) is 0.684. The summed E-state index contributed by atoms with van der Waals surface area (Å²) >= 11 is 0. The highest BCUT2D eigenvalue weighted by atomic mass is 16.5. The van der Waals surface area contributed by atoms with Crippen molar-refractivity contribution in [3.63, 3.8) is 0 Å². The highest BCUT2D eigenvalue weighted by Gasteiger charge is 2.20. The lowest BCUT2D eigenvalue weighted by Gasteiger charge is -2.22. The van der Waals surface area contributed by atoms with E-state index in [0.717, 1.165) is 37.8 Å². The van der Waals surface area contributed by atoms with Crippen molar-refractivity contribution in [1.29, 1.82) is 0 Å². The summed E-state index contributed by atoms with van der Waals surface area (Å²) in [5, 5.41) is 13.6. The van der Waals surface area contributed by atoms with Crippen molar-refractivity contribution < 1.29 is 14.6 Å². The number of likely N-dealkylation sites (N-methyl/N-ethyl adjacent to an activating group) is 1. The molecule has 136 valence electrons. The van der Waals surface area contributed by atoms with Crippen molar-refractivity contribution in [2.75, 3.05) is 39.9 Å². The lowest BCUT2D eigenvalue weighted by atomic mass is 10.2. The zero-order valence-corrected chi connectivity index (χ0v) is 15.3. The minimum Gasteiger partial charge on any atom is -0.493 e. The average molecular weight is 336 g/mol. The quantitative estimate of drug-likeness (QED) is 0.613. The van der Waals surface area contributed by atoms with Crippen molar-refractivity contribution in [2.45, 2.75) is 39.3 Å². The first kappa shape index (κ1) is 19.0. The minimum atomic E-state index is -0.505. The Morgan fingerprint density at radius 2 is 2.00 bits per heavy atom. The normalized spacial score (nSPS) is 15.5. The van der Waals surface area contributed by atoms with E-state index < -0.39 is 6.10 Å². The predicted molar refractivity (Wildman–Crippen MR) is 96.7 cm³/mol. The number of methoxy groups -OCH3 is 1. The molecule has 5 nitrogen and oxygen atoms in total. The first-order valence-corrected chi connectivity index (χ1v) is 9.07. The van der Waals surface area contributed by atoms with E-state index in [1.165, 1.54) is 18.4 Å². The number of benzene rings is 1. The Kier molecular flexibility index (Phi) is 7.82. The molecule has 2 N–H and O–H groups in total. The minimum absolute atomic E-state index is 0.270. The van der Waals surface area contributed by atoms with Gasteiger partial charge in [0.25, 0.3) is 0 Å². The zero-order chi connectivity index (χ0) is 17.4. The second kappa shape index (κ2) is 9.87. The van der Waals surface area contributed by atoms with E-state index in [0.29, 0.717) is 12.3 Å². The summed E-state index contributed by atoms with van der Waals surface area (Å²) in [6.07, 6.45) is 2.21. The van der Waals surface area contributed by atoms with Gasteiger partial charge in [-0.3, -0.25) is 0 Å². The topological polar surface area (TPSA) is 54.0 Å². The SMILES string of the molecule is CCN(CC)C[C@@H](O)COc1ccc(CNCC2CC2)cc1OC. The zero-order valence-electron chi connectivity index (χ0n) is 15.3. The van der Waals surface area contributed by atoms with Gasteiger partial charge in [-0.2, -0.15) is 0 Å². The smallest absolute Gasteiger partial charge is 0.161 e. The van der Waals surface area contributed by atoms with E-state index in [1.54, 1.807) is 7.11 Å². The molecule has 1 aliphatic carbocycles. The summed E-state index contributed by atoms with van der Waals surface area (Å²) in [5.74, 6) is 2.28. The predicted octanol–water partition coefficient (Wildman–Crippen LogP) is 2.28. The molecule has 0 aromatic heterocycles. The van der Waals surface area contributed by atoms with Crippen LogP contribution in [0.25, 0.3) is 0 Å². The monoisotopic (exact) mass is 336 g/mol. The van der Waals surface area contributed by atoms with Gasteiger partial charge in [0.15, 0.2) is 11.5 Å². The summed E-state index contributed by atoms with van der Waals surface area (Å²) in [6.45, 7) is 8.88. The molecule has 5 heteroatoms. The average Bonchev–Trinajstić information content (AvgIpc) is 3.42. The Balaban J connectivity index is 1.82. The summed E-state index contributed by atoms with van der Waals surface area (Å²) in [6, 6.07) is 5.98. The maximum absolute atomic E-state index is 10.1. The second-order valence-electron chi connectivity index (χ2n) is 6.51. The summed E-state index contributed by atoms with van der Waals surface area (Å²) < 4.78 is 11.2. The molecule has 0 saturated heterocycles. The molecule has 1 aromatic carbocycles. The Bertz CT molecular complexity index is 488. The summed E-state index contributed by atoms with van der Waals surface area (Å²) in [4.78, 5) is 2.18. The lowest BCUT2D eigenvalue weighted by Crippen LogP contribution is -2.35. The number of nitrogens with zero attached hydrogens (tertiary/aromatic N) is 1. The molecule has 1 saturated carbocycles. The molecule has 0 amide bonds. The van der Waals surface area contributed by atoms with Gasteiger partial charge >= 0.3 is 0 Å². The van der Waals surface area contributed by atoms with Crippen LogP contribution in [0.2, 0.25) is 0 Å². The first-order valence-electron chi connectivity index (χ1n) is 9.07. The molecule has 2 rings (SSSR count). The van der Waals surface area contributed by atoms with Gasteiger partial charge in [0.2, 0.25) is 0 Å². The van der Waals surface area contributed by atoms with Gasteiger partial charge in [-0.1, -0.05) is 19.9 Å². The van der Waals surface area contributed by atoms with Gasteiger partial charge in [0, 0.05) is 13.1 Å². The maximum atomic E-state index is 10.1. The van der Waals surface area contributed by atoms with E-state index in [2.05, 4.69) is 30.1 Å². The van der Waals surface area contributed by atoms with Gasteiger partial charge in [-0.05, 0) is 56.1 Å². The van der Waals surface area contributed by atoms with Crippen molar-refractivity contribution >= 4 is 0 Å². The molecule has 0 heterocycles. The fourth-order valence-electron chi connectivity index (χ4n) is 2.70. The van der Waals surface area contributed by atoms with E-state index in [1.807, 2.05) is 12.1 Å². The molecule has 0 spiro atoms. The van der Waals surface area contributed by atoms with Crippen LogP contribution in [0.5, 0.6) is 11.5 Å². The van der Waals surface area contributed by atoms with Crippen LogP contribution in [0.1, 0.15) is 32.3 Å². The third-order valence-electron chi connectivity index (χ3n) is 4.48. The Labute approximate surface area is 146 Å². The number of ether oxygens (including phenoxy) is 2. The van der Waals surface area contributed by atoms with Crippen LogP contribution in [0.4, 0.5) is 0 Å². The number of aliphatic hydroxyl groups is 1. The third kappa shape index (κ3) is 6.30. The molecule has 0 unspecified atom stereocenters. The Morgan fingerprint density at radius 3 is 2.62 bits per heavy atom. The largest absolute Gasteiger partial charge is 0.493 e. The second-order valence-corrected chi connectivity index (χ2v) is 6.51. The van der Waals surface area contributed by atoms with Gasteiger partial charge in [-0.25, -0.2) is 0 Å². The van der Waals surface area contributed by atoms with E-state index in [-0.39, 0.29) is 6.61 Å². The number of aliphatic hydroxyl groups excluding tert-OH is 1. The molecule has 24 heavy (non-hydrogen) atoms. The Morgan fingerprint density at radius 1 is 1.25 bits per heavy atom. The van der Waals surface area contributed by atoms with Gasteiger partial charge < -0.3 is 24.8 Å². The standard InChI is InChI=1S/C19H32N2O3/c1-4-21(5-2)13-17(22)14-24-18-9-8-16(10-19(18)23-3)12-20-11-15-6-7-15/h8-10,15,17,20,22H,4-7,11-14H2,1-3H3/t17-/m1/s1. The van der Waals surface area contributed by atoms with E-state index >= 15 is 0 Å². The van der Waals surface area contributed by atoms with Crippen LogP contribution in [-0.4, -0.2) is 56.0 Å². The molecule has 1 fully saturated rings. The van der Waals surface area contributed by atoms with Crippen molar-refractivity contribution in [1.82, 2.24) is 10.2 Å². The molecular weight excluding hydrogens is 304 g/mol. The van der Waals surface area contributed by atoms with Gasteiger partial charge in [0.05, 0.1) is 7.11 Å². The molecule has 0 bridgehead atoms. The number of nitrogens with one attached hydrogen (secondary N) is 1. The van der Waals surface area contributed by atoms with E-state index in [4.69, 9.17) is 9.47 Å². The highest BCUT2D eigenvalue weighted by molar-refractivity contribution is 5.43. The van der Waals surface area contributed by atoms with Gasteiger partial charge in [-0.15, -0.1) is 0 Å². The third-order valence-corrected chi connectivity index (χ3v) is 4.48. The van der Waals surface area contributed by atoms with Crippen molar-refractivity contribution in [3.8, 4) is 11.5 Å². The Hall–Kier alpha value is -1.30. The fourth-order valence-corrected chi connectivity index (χ4v) is 2.70. The highest BCUT2D eigenvalue weighted by Crippen LogP contribution is 2.29. The molecule has 1 atom stereocenters. The summed E-state index contributed by atoms with van der Waals surface area (Å²) in [5.41, 5.74) is 1.18. The van der Waals surface area contributed by atoms with Crippen LogP contribution in [-0.2, 0) is 6.54 Å². The van der Waals surface area contributed by atoms with Crippen molar-refractivity contribution in [2.24, 2.45) is 5.92 Å². The molecule has 1 aromatic rings. The number of hydrogen-bond donors (Lipinski definition) is 2. The number of rotatable bonds is 12. The number of hydrogen-bond acceptors (Lipinski definition) is 5. The molecule has 1 aliphatic rings.